The molecule has 2 aromatic rings. The van der Waals surface area contributed by atoms with Crippen molar-refractivity contribution >= 4 is 22.0 Å². The number of nitrogens with one attached hydrogen (secondary N) is 4. The van der Waals surface area contributed by atoms with Crippen molar-refractivity contribution in [1.29, 1.82) is 0 Å². The van der Waals surface area contributed by atoms with Crippen LogP contribution in [0.1, 0.15) is 43.7 Å². The number of hydrogen-bond donors (Lipinski definition) is 4. The molecule has 0 saturated heterocycles. The van der Waals surface area contributed by atoms with Gasteiger partial charge < -0.3 is 16.0 Å². The summed E-state index contributed by atoms with van der Waals surface area (Å²) >= 11 is 0. The SMILES string of the molecule is CCCC(NC(=O)NCc1ccc(F)cc1)C(=O)NCc1ccc(S(=O)(=O)NC2CC2)cc1. The van der Waals surface area contributed by atoms with Crippen LogP contribution in [0.15, 0.2) is 53.4 Å². The van der Waals surface area contributed by atoms with Crippen molar-refractivity contribution in [1.82, 2.24) is 20.7 Å². The minimum absolute atomic E-state index is 0.0323. The highest BCUT2D eigenvalue weighted by Gasteiger charge is 2.27. The Kier molecular flexibility index (Phi) is 8.40. The van der Waals surface area contributed by atoms with Gasteiger partial charge in [-0.3, -0.25) is 4.79 Å². The lowest BCUT2D eigenvalue weighted by atomic mass is 10.1. The highest BCUT2D eigenvalue weighted by molar-refractivity contribution is 7.89. The van der Waals surface area contributed by atoms with E-state index in [0.29, 0.717) is 12.8 Å². The van der Waals surface area contributed by atoms with Gasteiger partial charge in [-0.05, 0) is 54.7 Å². The molecule has 1 unspecified atom stereocenters. The van der Waals surface area contributed by atoms with Crippen LogP contribution in [0.5, 0.6) is 0 Å². The minimum atomic E-state index is -3.52. The van der Waals surface area contributed by atoms with Crippen molar-refractivity contribution in [3.8, 4) is 0 Å². The number of rotatable bonds is 11. The number of carbonyl (C=O) groups excluding carboxylic acids is 2. The van der Waals surface area contributed by atoms with E-state index < -0.39 is 22.1 Å². The predicted molar refractivity (Wildman–Crippen MR) is 122 cm³/mol. The van der Waals surface area contributed by atoms with E-state index in [-0.39, 0.29) is 35.8 Å². The zero-order valence-corrected chi connectivity index (χ0v) is 19.3. The third-order valence-corrected chi connectivity index (χ3v) is 6.70. The Balaban J connectivity index is 1.48. The highest BCUT2D eigenvalue weighted by atomic mass is 32.2. The van der Waals surface area contributed by atoms with E-state index >= 15 is 0 Å². The van der Waals surface area contributed by atoms with Crippen LogP contribution in [0, 0.1) is 5.82 Å². The molecule has 1 atom stereocenters. The molecule has 33 heavy (non-hydrogen) atoms. The largest absolute Gasteiger partial charge is 0.350 e. The molecule has 2 aromatic carbocycles. The Labute approximate surface area is 193 Å². The highest BCUT2D eigenvalue weighted by Crippen LogP contribution is 2.22. The number of urea groups is 1. The predicted octanol–water partition coefficient (Wildman–Crippen LogP) is 2.55. The molecule has 10 heteroatoms. The van der Waals surface area contributed by atoms with Crippen LogP contribution >= 0.6 is 0 Å². The molecule has 1 saturated carbocycles. The lowest BCUT2D eigenvalue weighted by Crippen LogP contribution is -2.49. The van der Waals surface area contributed by atoms with Crippen LogP contribution in [-0.2, 0) is 27.9 Å². The van der Waals surface area contributed by atoms with Gasteiger partial charge in [-0.2, -0.15) is 0 Å². The summed E-state index contributed by atoms with van der Waals surface area (Å²) in [4.78, 5) is 25.0. The Bertz CT molecular complexity index is 1050. The summed E-state index contributed by atoms with van der Waals surface area (Å²) in [5, 5.41) is 8.11. The molecule has 0 aromatic heterocycles. The molecule has 1 aliphatic carbocycles. The monoisotopic (exact) mass is 476 g/mol. The van der Waals surface area contributed by atoms with Gasteiger partial charge in [-0.15, -0.1) is 0 Å². The third kappa shape index (κ3) is 7.83. The van der Waals surface area contributed by atoms with Gasteiger partial charge >= 0.3 is 6.03 Å². The van der Waals surface area contributed by atoms with Crippen LogP contribution < -0.4 is 20.7 Å². The summed E-state index contributed by atoms with van der Waals surface area (Å²) in [5.74, 6) is -0.685. The second kappa shape index (κ2) is 11.2. The topological polar surface area (TPSA) is 116 Å². The third-order valence-electron chi connectivity index (χ3n) is 5.17. The fourth-order valence-corrected chi connectivity index (χ4v) is 4.44. The first-order valence-corrected chi connectivity index (χ1v) is 12.4. The molecule has 4 N–H and O–H groups in total. The summed E-state index contributed by atoms with van der Waals surface area (Å²) in [6, 6.07) is 10.9. The molecule has 1 aliphatic rings. The lowest BCUT2D eigenvalue weighted by Gasteiger charge is -2.18. The minimum Gasteiger partial charge on any atom is -0.350 e. The van der Waals surface area contributed by atoms with Crippen LogP contribution in [0.2, 0.25) is 0 Å². The number of amides is 3. The molecule has 0 radical (unpaired) electrons. The van der Waals surface area contributed by atoms with Crippen LogP contribution in [0.3, 0.4) is 0 Å². The molecule has 0 aliphatic heterocycles. The van der Waals surface area contributed by atoms with Gasteiger partial charge in [0.1, 0.15) is 11.9 Å². The van der Waals surface area contributed by atoms with Crippen molar-refractivity contribution in [2.24, 2.45) is 0 Å². The van der Waals surface area contributed by atoms with E-state index in [0.717, 1.165) is 24.0 Å². The van der Waals surface area contributed by atoms with E-state index in [1.54, 1.807) is 24.3 Å². The first-order valence-electron chi connectivity index (χ1n) is 10.9. The maximum atomic E-state index is 13.0. The maximum Gasteiger partial charge on any atom is 0.315 e. The molecular weight excluding hydrogens is 447 g/mol. The number of halogens is 1. The lowest BCUT2D eigenvalue weighted by molar-refractivity contribution is -0.123. The average Bonchev–Trinajstić information content (AvgIpc) is 3.60. The molecule has 3 amide bonds. The fourth-order valence-electron chi connectivity index (χ4n) is 3.14. The summed E-state index contributed by atoms with van der Waals surface area (Å²) in [6.45, 7) is 2.32. The van der Waals surface area contributed by atoms with Gasteiger partial charge in [0.15, 0.2) is 0 Å². The van der Waals surface area contributed by atoms with Crippen LogP contribution in [0.4, 0.5) is 9.18 Å². The normalized spacial score (nSPS) is 14.4. The Hall–Kier alpha value is -2.98. The van der Waals surface area contributed by atoms with E-state index in [4.69, 9.17) is 0 Å². The molecule has 0 heterocycles. The van der Waals surface area contributed by atoms with Crippen molar-refractivity contribution in [3.05, 3.63) is 65.5 Å². The quantitative estimate of drug-likeness (QED) is 0.399. The summed E-state index contributed by atoms with van der Waals surface area (Å²) in [5.41, 5.74) is 1.48. The number of hydrogen-bond acceptors (Lipinski definition) is 4. The molecule has 178 valence electrons. The first-order chi connectivity index (χ1) is 15.8. The molecular formula is C23H29FN4O4S. The van der Waals surface area contributed by atoms with Gasteiger partial charge in [0.05, 0.1) is 4.90 Å². The molecule has 0 bridgehead atoms. The fraction of sp³-hybridized carbons (Fsp3) is 0.391. The van der Waals surface area contributed by atoms with Gasteiger partial charge in [0, 0.05) is 19.1 Å². The van der Waals surface area contributed by atoms with Gasteiger partial charge in [0.25, 0.3) is 0 Å². The Morgan fingerprint density at radius 1 is 0.970 bits per heavy atom. The number of carbonyl (C=O) groups is 2. The molecule has 8 nitrogen and oxygen atoms in total. The zero-order chi connectivity index (χ0) is 23.8. The maximum absolute atomic E-state index is 13.0. The summed E-state index contributed by atoms with van der Waals surface area (Å²) in [6.07, 6.45) is 2.87. The van der Waals surface area contributed by atoms with Crippen LogP contribution in [-0.4, -0.2) is 32.4 Å². The second-order valence-electron chi connectivity index (χ2n) is 8.05. The van der Waals surface area contributed by atoms with Crippen molar-refractivity contribution < 1.29 is 22.4 Å². The van der Waals surface area contributed by atoms with E-state index in [1.807, 2.05) is 6.92 Å². The van der Waals surface area contributed by atoms with Gasteiger partial charge in [-0.25, -0.2) is 22.3 Å². The van der Waals surface area contributed by atoms with E-state index in [1.165, 1.54) is 24.3 Å². The van der Waals surface area contributed by atoms with Crippen molar-refractivity contribution in [2.75, 3.05) is 0 Å². The van der Waals surface area contributed by atoms with Crippen LogP contribution in [0.25, 0.3) is 0 Å². The standard InChI is InChI=1S/C23H29FN4O4S/c1-2-3-21(27-23(30)26-15-16-4-8-18(24)9-5-16)22(29)25-14-17-6-12-20(13-7-17)33(31,32)28-19-10-11-19/h4-9,12-13,19,21,28H,2-3,10-11,14-15H2,1H3,(H,25,29)(H2,26,27,30). The summed E-state index contributed by atoms with van der Waals surface area (Å²) in [7, 11) is -3.52. The van der Waals surface area contributed by atoms with Crippen molar-refractivity contribution in [3.63, 3.8) is 0 Å². The molecule has 1 fully saturated rings. The summed E-state index contributed by atoms with van der Waals surface area (Å²) < 4.78 is 40.1. The van der Waals surface area contributed by atoms with E-state index in [2.05, 4.69) is 20.7 Å². The average molecular weight is 477 g/mol. The smallest absolute Gasteiger partial charge is 0.315 e. The van der Waals surface area contributed by atoms with Gasteiger partial charge in [0.2, 0.25) is 15.9 Å². The second-order valence-corrected chi connectivity index (χ2v) is 9.77. The molecule has 3 rings (SSSR count). The van der Waals surface area contributed by atoms with Gasteiger partial charge in [-0.1, -0.05) is 37.6 Å². The molecule has 0 spiro atoms. The number of benzene rings is 2. The zero-order valence-electron chi connectivity index (χ0n) is 18.4. The Morgan fingerprint density at radius 3 is 2.12 bits per heavy atom. The number of sulfonamides is 1. The first kappa shape index (κ1) is 24.7. The Morgan fingerprint density at radius 2 is 1.55 bits per heavy atom. The van der Waals surface area contributed by atoms with Crippen molar-refractivity contribution in [2.45, 2.75) is 62.7 Å². The van der Waals surface area contributed by atoms with E-state index in [9.17, 15) is 22.4 Å².